The van der Waals surface area contributed by atoms with Crippen LogP contribution in [0.2, 0.25) is 0 Å². The molecule has 6 heteroatoms. The summed E-state index contributed by atoms with van der Waals surface area (Å²) in [6.07, 6.45) is 6.16. The highest BCUT2D eigenvalue weighted by Crippen LogP contribution is 2.29. The first-order chi connectivity index (χ1) is 9.72. The quantitative estimate of drug-likeness (QED) is 0.891. The maximum absolute atomic E-state index is 13.6. The number of halogens is 1. The van der Waals surface area contributed by atoms with Crippen molar-refractivity contribution in [1.29, 1.82) is 0 Å². The number of aromatic nitrogens is 3. The molecule has 2 heterocycles. The van der Waals surface area contributed by atoms with Gasteiger partial charge in [-0.1, -0.05) is 0 Å². The lowest BCUT2D eigenvalue weighted by Crippen LogP contribution is -2.28. The van der Waals surface area contributed by atoms with E-state index in [4.69, 9.17) is 0 Å². The Hall–Kier alpha value is -1.95. The lowest BCUT2D eigenvalue weighted by Gasteiger charge is -2.17. The van der Waals surface area contributed by atoms with Gasteiger partial charge in [0.1, 0.15) is 0 Å². The molecule has 0 amide bonds. The second kappa shape index (κ2) is 5.58. The molecular weight excluding hydrogens is 259 g/mol. The molecule has 0 aliphatic heterocycles. The van der Waals surface area contributed by atoms with E-state index in [-0.39, 0.29) is 11.9 Å². The highest BCUT2D eigenvalue weighted by molar-refractivity contribution is 5.37. The maximum atomic E-state index is 13.6. The van der Waals surface area contributed by atoms with Crippen molar-refractivity contribution in [3.05, 3.63) is 42.6 Å². The standard InChI is InChI=1S/C14H17FN4O/c15-11-3-1-4-16-14(11)18-12-7-10(8-13(12)20)9-19-6-2-5-17-19/h1-6,10,12-13,20H,7-9H2,(H,16,18)/t10?,12-,13-/m1/s1. The lowest BCUT2D eigenvalue weighted by molar-refractivity contribution is 0.165. The molecule has 1 aliphatic rings. The van der Waals surface area contributed by atoms with Gasteiger partial charge in [-0.15, -0.1) is 0 Å². The second-order valence-corrected chi connectivity index (χ2v) is 5.22. The molecule has 3 rings (SSSR count). The second-order valence-electron chi connectivity index (χ2n) is 5.22. The number of anilines is 1. The molecule has 0 aromatic carbocycles. The number of aliphatic hydroxyl groups excluding tert-OH is 1. The minimum absolute atomic E-state index is 0.167. The Morgan fingerprint density at radius 1 is 1.35 bits per heavy atom. The summed E-state index contributed by atoms with van der Waals surface area (Å²) in [4.78, 5) is 3.96. The predicted molar refractivity (Wildman–Crippen MR) is 72.6 cm³/mol. The Labute approximate surface area is 116 Å². The van der Waals surface area contributed by atoms with Crippen LogP contribution in [-0.2, 0) is 6.54 Å². The van der Waals surface area contributed by atoms with E-state index in [0.717, 1.165) is 13.0 Å². The first-order valence-electron chi connectivity index (χ1n) is 6.75. The predicted octanol–water partition coefficient (Wildman–Crippen LogP) is 1.67. The van der Waals surface area contributed by atoms with Crippen molar-refractivity contribution >= 4 is 5.82 Å². The Bertz CT molecular complexity index is 560. The van der Waals surface area contributed by atoms with Gasteiger partial charge in [0.05, 0.1) is 12.1 Å². The minimum atomic E-state index is -0.489. The molecule has 20 heavy (non-hydrogen) atoms. The largest absolute Gasteiger partial charge is 0.391 e. The molecule has 2 aromatic heterocycles. The molecule has 1 unspecified atom stereocenters. The third-order valence-electron chi connectivity index (χ3n) is 3.71. The number of pyridine rings is 1. The van der Waals surface area contributed by atoms with Crippen molar-refractivity contribution in [2.24, 2.45) is 5.92 Å². The monoisotopic (exact) mass is 276 g/mol. The summed E-state index contributed by atoms with van der Waals surface area (Å²) in [6.45, 7) is 0.771. The van der Waals surface area contributed by atoms with E-state index in [1.807, 2.05) is 16.9 Å². The van der Waals surface area contributed by atoms with Gasteiger partial charge in [0.25, 0.3) is 0 Å². The van der Waals surface area contributed by atoms with Crippen molar-refractivity contribution in [3.63, 3.8) is 0 Å². The van der Waals surface area contributed by atoms with Crippen molar-refractivity contribution in [2.75, 3.05) is 5.32 Å². The molecule has 5 nitrogen and oxygen atoms in total. The summed E-state index contributed by atoms with van der Waals surface area (Å²) in [5.41, 5.74) is 0. The van der Waals surface area contributed by atoms with Crippen molar-refractivity contribution < 1.29 is 9.50 Å². The van der Waals surface area contributed by atoms with Crippen LogP contribution in [-0.4, -0.2) is 32.0 Å². The number of hydrogen-bond donors (Lipinski definition) is 2. The summed E-state index contributed by atoms with van der Waals surface area (Å²) in [5, 5.41) is 17.3. The van der Waals surface area contributed by atoms with Crippen LogP contribution in [0.25, 0.3) is 0 Å². The smallest absolute Gasteiger partial charge is 0.165 e. The normalized spacial score (nSPS) is 25.8. The van der Waals surface area contributed by atoms with Gasteiger partial charge in [0, 0.05) is 25.1 Å². The number of rotatable bonds is 4. The molecule has 0 bridgehead atoms. The number of hydrogen-bond acceptors (Lipinski definition) is 4. The molecule has 2 aromatic rings. The van der Waals surface area contributed by atoms with E-state index < -0.39 is 11.9 Å². The van der Waals surface area contributed by atoms with Gasteiger partial charge in [-0.05, 0) is 37.0 Å². The van der Waals surface area contributed by atoms with Crippen LogP contribution in [0.5, 0.6) is 0 Å². The van der Waals surface area contributed by atoms with Crippen LogP contribution < -0.4 is 5.32 Å². The van der Waals surface area contributed by atoms with Crippen LogP contribution in [0, 0.1) is 11.7 Å². The first-order valence-corrected chi connectivity index (χ1v) is 6.75. The van der Waals surface area contributed by atoms with E-state index >= 15 is 0 Å². The van der Waals surface area contributed by atoms with Gasteiger partial charge >= 0.3 is 0 Å². The molecular formula is C14H17FN4O. The summed E-state index contributed by atoms with van der Waals surface area (Å²) in [6, 6.07) is 4.62. The SMILES string of the molecule is O[C@@H]1CC(Cn2cccn2)C[C@H]1Nc1ncccc1F. The molecule has 1 fully saturated rings. The molecule has 3 atom stereocenters. The third-order valence-corrected chi connectivity index (χ3v) is 3.71. The zero-order valence-corrected chi connectivity index (χ0v) is 11.0. The average Bonchev–Trinajstić information content (AvgIpc) is 3.04. The van der Waals surface area contributed by atoms with E-state index in [0.29, 0.717) is 12.3 Å². The third kappa shape index (κ3) is 2.80. The Balaban J connectivity index is 1.62. The topological polar surface area (TPSA) is 63.0 Å². The van der Waals surface area contributed by atoms with Crippen LogP contribution in [0.4, 0.5) is 10.2 Å². The van der Waals surface area contributed by atoms with Gasteiger partial charge in [-0.3, -0.25) is 4.68 Å². The number of nitrogens with zero attached hydrogens (tertiary/aromatic N) is 3. The summed E-state index contributed by atoms with van der Waals surface area (Å²) < 4.78 is 15.4. The Kier molecular flexibility index (Phi) is 3.64. The molecule has 106 valence electrons. The molecule has 1 saturated carbocycles. The van der Waals surface area contributed by atoms with Crippen LogP contribution in [0.1, 0.15) is 12.8 Å². The fraction of sp³-hybridized carbons (Fsp3) is 0.429. The molecule has 0 radical (unpaired) electrons. The van der Waals surface area contributed by atoms with Crippen LogP contribution in [0.15, 0.2) is 36.8 Å². The number of nitrogens with one attached hydrogen (secondary N) is 1. The van der Waals surface area contributed by atoms with Crippen molar-refractivity contribution in [3.8, 4) is 0 Å². The van der Waals surface area contributed by atoms with Gasteiger partial charge in [-0.25, -0.2) is 9.37 Å². The summed E-state index contributed by atoms with van der Waals surface area (Å²) in [5.74, 6) is 0.140. The molecule has 1 aliphatic carbocycles. The minimum Gasteiger partial charge on any atom is -0.391 e. The van der Waals surface area contributed by atoms with E-state index in [1.165, 1.54) is 12.3 Å². The fourth-order valence-electron chi connectivity index (χ4n) is 2.76. The van der Waals surface area contributed by atoms with E-state index in [9.17, 15) is 9.50 Å². The van der Waals surface area contributed by atoms with Gasteiger partial charge < -0.3 is 10.4 Å². The summed E-state index contributed by atoms with van der Waals surface area (Å²) in [7, 11) is 0. The molecule has 0 spiro atoms. The van der Waals surface area contributed by atoms with E-state index in [1.54, 1.807) is 12.3 Å². The number of aliphatic hydroxyl groups is 1. The van der Waals surface area contributed by atoms with Gasteiger partial charge in [0.15, 0.2) is 11.6 Å². The zero-order valence-electron chi connectivity index (χ0n) is 11.0. The van der Waals surface area contributed by atoms with Crippen LogP contribution in [0.3, 0.4) is 0 Å². The van der Waals surface area contributed by atoms with E-state index in [2.05, 4.69) is 15.4 Å². The Morgan fingerprint density at radius 2 is 2.25 bits per heavy atom. The van der Waals surface area contributed by atoms with Crippen molar-refractivity contribution in [2.45, 2.75) is 31.5 Å². The Morgan fingerprint density at radius 3 is 3.00 bits per heavy atom. The van der Waals surface area contributed by atoms with Gasteiger partial charge in [-0.2, -0.15) is 5.10 Å². The highest BCUT2D eigenvalue weighted by Gasteiger charge is 2.33. The summed E-state index contributed by atoms with van der Waals surface area (Å²) >= 11 is 0. The molecule has 0 saturated heterocycles. The molecule has 2 N–H and O–H groups in total. The van der Waals surface area contributed by atoms with Gasteiger partial charge in [0.2, 0.25) is 0 Å². The maximum Gasteiger partial charge on any atom is 0.165 e. The van der Waals surface area contributed by atoms with Crippen LogP contribution >= 0.6 is 0 Å². The fourth-order valence-corrected chi connectivity index (χ4v) is 2.76. The zero-order chi connectivity index (χ0) is 13.9. The lowest BCUT2D eigenvalue weighted by atomic mass is 10.1. The first kappa shape index (κ1) is 13.1. The van der Waals surface area contributed by atoms with Crippen molar-refractivity contribution in [1.82, 2.24) is 14.8 Å². The highest BCUT2D eigenvalue weighted by atomic mass is 19.1. The average molecular weight is 276 g/mol.